The van der Waals surface area contributed by atoms with E-state index in [-0.39, 0.29) is 16.2 Å². The Labute approximate surface area is 218 Å². The number of carbonyl (C=O) groups excluding carboxylic acids is 1. The molecule has 7 nitrogen and oxygen atoms in total. The lowest BCUT2D eigenvalue weighted by Crippen LogP contribution is -2.41. The third kappa shape index (κ3) is 5.49. The molecule has 2 heterocycles. The Morgan fingerprint density at radius 3 is 2.43 bits per heavy atom. The minimum absolute atomic E-state index is 0.0674. The number of sulfonamides is 1. The number of pyridine rings is 1. The van der Waals surface area contributed by atoms with Crippen molar-refractivity contribution in [2.75, 3.05) is 4.72 Å². The number of aromatic nitrogens is 1. The summed E-state index contributed by atoms with van der Waals surface area (Å²) in [5.74, 6) is -0.861. The van der Waals surface area contributed by atoms with Crippen molar-refractivity contribution in [3.8, 4) is 0 Å². The number of hydrogen-bond donors (Lipinski definition) is 2. The van der Waals surface area contributed by atoms with Gasteiger partial charge in [-0.25, -0.2) is 13.2 Å². The number of aliphatic hydroxyl groups is 1. The number of hydrogen-bond acceptors (Lipinski definition) is 6. The van der Waals surface area contributed by atoms with Crippen LogP contribution in [0.3, 0.4) is 0 Å². The van der Waals surface area contributed by atoms with Crippen LogP contribution in [0.1, 0.15) is 70.8 Å². The molecule has 0 saturated carbocycles. The summed E-state index contributed by atoms with van der Waals surface area (Å²) in [5, 5.41) is 11.8. The highest BCUT2D eigenvalue weighted by Crippen LogP contribution is 2.42. The van der Waals surface area contributed by atoms with Gasteiger partial charge in [0.2, 0.25) is 0 Å². The number of para-hydroxylation sites is 1. The summed E-state index contributed by atoms with van der Waals surface area (Å²) >= 11 is 0. The molecular weight excluding hydrogens is 488 g/mol. The second kappa shape index (κ2) is 10.9. The van der Waals surface area contributed by atoms with Crippen LogP contribution in [0.25, 0.3) is 10.9 Å². The number of carbonyl (C=O) groups is 1. The number of aliphatic hydroxyl groups excluding tert-OH is 1. The molecule has 2 aromatic carbocycles. The number of anilines is 1. The number of nitrogens with one attached hydrogen (secondary N) is 1. The molecule has 8 heteroatoms. The molecule has 0 spiro atoms. The fourth-order valence-corrected chi connectivity index (χ4v) is 6.62. The molecule has 1 aliphatic heterocycles. The van der Waals surface area contributed by atoms with Crippen LogP contribution < -0.4 is 4.72 Å². The van der Waals surface area contributed by atoms with Gasteiger partial charge in [-0.2, -0.15) is 0 Å². The summed E-state index contributed by atoms with van der Waals surface area (Å²) in [6.07, 6.45) is 5.48. The van der Waals surface area contributed by atoms with Crippen molar-refractivity contribution in [2.24, 2.45) is 0 Å². The first kappa shape index (κ1) is 26.7. The highest BCUT2D eigenvalue weighted by Gasteiger charge is 2.42. The van der Waals surface area contributed by atoms with E-state index in [2.05, 4.69) is 9.71 Å². The normalized spacial score (nSPS) is 16.5. The van der Waals surface area contributed by atoms with Crippen LogP contribution in [-0.4, -0.2) is 30.1 Å². The van der Waals surface area contributed by atoms with Crippen molar-refractivity contribution in [1.82, 2.24) is 4.98 Å². The zero-order chi connectivity index (χ0) is 26.6. The Hall–Kier alpha value is -3.39. The molecule has 1 aliphatic rings. The number of rotatable bonds is 10. The van der Waals surface area contributed by atoms with Crippen LogP contribution in [0, 0.1) is 0 Å². The summed E-state index contributed by atoms with van der Waals surface area (Å²) in [6, 6.07) is 15.5. The average molecular weight is 523 g/mol. The predicted molar refractivity (Wildman–Crippen MR) is 145 cm³/mol. The van der Waals surface area contributed by atoms with Crippen LogP contribution in [-0.2, 0) is 19.6 Å². The van der Waals surface area contributed by atoms with E-state index in [4.69, 9.17) is 4.74 Å². The lowest BCUT2D eigenvalue weighted by atomic mass is 9.80. The third-order valence-electron chi connectivity index (χ3n) is 6.92. The monoisotopic (exact) mass is 522 g/mol. The van der Waals surface area contributed by atoms with Gasteiger partial charge in [0.1, 0.15) is 16.3 Å². The molecule has 0 unspecified atom stereocenters. The first-order valence-electron chi connectivity index (χ1n) is 12.9. The van der Waals surface area contributed by atoms with Gasteiger partial charge < -0.3 is 9.84 Å². The summed E-state index contributed by atoms with van der Waals surface area (Å²) in [6.45, 7) is 6.01. The second-order valence-electron chi connectivity index (χ2n) is 9.63. The SMILES string of the molecule is CCCC1(CCC)CC(O)=C([C@@H](CC)c2cccc(NS(=O)(=O)c3cccc4cccnc34)c2)C(=O)O1. The van der Waals surface area contributed by atoms with E-state index in [1.807, 2.05) is 39.0 Å². The van der Waals surface area contributed by atoms with Gasteiger partial charge in [0.05, 0.1) is 11.1 Å². The Kier molecular flexibility index (Phi) is 7.87. The van der Waals surface area contributed by atoms with Gasteiger partial charge in [0.15, 0.2) is 0 Å². The Balaban J connectivity index is 1.66. The lowest BCUT2D eigenvalue weighted by Gasteiger charge is -2.38. The Morgan fingerprint density at radius 1 is 1.05 bits per heavy atom. The highest BCUT2D eigenvalue weighted by molar-refractivity contribution is 7.93. The van der Waals surface area contributed by atoms with E-state index in [0.717, 1.165) is 23.8 Å². The number of esters is 1. The van der Waals surface area contributed by atoms with Crippen molar-refractivity contribution in [3.63, 3.8) is 0 Å². The van der Waals surface area contributed by atoms with E-state index in [1.54, 1.807) is 36.5 Å². The van der Waals surface area contributed by atoms with E-state index in [0.29, 0.717) is 36.9 Å². The van der Waals surface area contributed by atoms with Crippen LogP contribution in [0.2, 0.25) is 0 Å². The number of ether oxygens (including phenoxy) is 1. The molecule has 0 bridgehead atoms. The molecule has 0 radical (unpaired) electrons. The highest BCUT2D eigenvalue weighted by atomic mass is 32.2. The fourth-order valence-electron chi connectivity index (χ4n) is 5.39. The van der Waals surface area contributed by atoms with E-state index < -0.39 is 27.5 Å². The minimum atomic E-state index is -3.93. The van der Waals surface area contributed by atoms with Crippen LogP contribution in [0.5, 0.6) is 0 Å². The van der Waals surface area contributed by atoms with Crippen molar-refractivity contribution in [1.29, 1.82) is 0 Å². The second-order valence-corrected chi connectivity index (χ2v) is 11.3. The van der Waals surface area contributed by atoms with Crippen molar-refractivity contribution in [3.05, 3.63) is 77.7 Å². The van der Waals surface area contributed by atoms with Gasteiger partial charge in [-0.05, 0) is 49.1 Å². The van der Waals surface area contributed by atoms with Crippen molar-refractivity contribution in [2.45, 2.75) is 75.7 Å². The van der Waals surface area contributed by atoms with Gasteiger partial charge in [0, 0.05) is 29.6 Å². The molecule has 0 saturated heterocycles. The Bertz CT molecular complexity index is 1420. The van der Waals surface area contributed by atoms with Gasteiger partial charge >= 0.3 is 5.97 Å². The number of benzene rings is 2. The molecule has 1 aromatic heterocycles. The lowest BCUT2D eigenvalue weighted by molar-refractivity contribution is -0.161. The standard InChI is InChI=1S/C29H34N2O5S/c1-4-15-29(16-5-2)19-24(32)26(28(33)36-29)23(6-3)21-11-7-13-22(18-21)31-37(34,35)25-14-8-10-20-12-9-17-30-27(20)25/h7-14,17-18,23,31-32H,4-6,15-16,19H2,1-3H3/t23-/m0/s1. The smallest absolute Gasteiger partial charge is 0.338 e. The van der Waals surface area contributed by atoms with Gasteiger partial charge in [0.25, 0.3) is 10.0 Å². The summed E-state index contributed by atoms with van der Waals surface area (Å²) in [7, 11) is -3.93. The summed E-state index contributed by atoms with van der Waals surface area (Å²) in [5.41, 5.74) is 1.05. The van der Waals surface area contributed by atoms with Gasteiger partial charge in [-0.1, -0.05) is 63.9 Å². The maximum atomic E-state index is 13.3. The molecule has 1 atom stereocenters. The average Bonchev–Trinajstić information content (AvgIpc) is 2.86. The number of fused-ring (bicyclic) bond motifs is 1. The van der Waals surface area contributed by atoms with Crippen LogP contribution in [0.15, 0.2) is 77.0 Å². The van der Waals surface area contributed by atoms with E-state index in [1.165, 1.54) is 6.07 Å². The maximum Gasteiger partial charge on any atom is 0.338 e. The third-order valence-corrected chi connectivity index (χ3v) is 8.34. The zero-order valence-corrected chi connectivity index (χ0v) is 22.3. The van der Waals surface area contributed by atoms with Crippen LogP contribution in [0.4, 0.5) is 5.69 Å². The topological polar surface area (TPSA) is 106 Å². The van der Waals surface area contributed by atoms with Crippen molar-refractivity contribution >= 4 is 32.6 Å². The zero-order valence-electron chi connectivity index (χ0n) is 21.5. The van der Waals surface area contributed by atoms with Crippen molar-refractivity contribution < 1.29 is 23.1 Å². The molecule has 3 aromatic rings. The quantitative estimate of drug-likeness (QED) is 0.290. The molecule has 0 aliphatic carbocycles. The molecular formula is C29H34N2O5S. The molecule has 0 amide bonds. The largest absolute Gasteiger partial charge is 0.512 e. The number of cyclic esters (lactones) is 1. The number of nitrogens with zero attached hydrogens (tertiary/aromatic N) is 1. The molecule has 37 heavy (non-hydrogen) atoms. The minimum Gasteiger partial charge on any atom is -0.512 e. The maximum absolute atomic E-state index is 13.3. The fraction of sp³-hybridized carbons (Fsp3) is 0.379. The molecule has 2 N–H and O–H groups in total. The van der Waals surface area contributed by atoms with E-state index >= 15 is 0 Å². The first-order chi connectivity index (χ1) is 17.7. The van der Waals surface area contributed by atoms with Gasteiger partial charge in [-0.15, -0.1) is 0 Å². The molecule has 0 fully saturated rings. The summed E-state index contributed by atoms with van der Waals surface area (Å²) < 4.78 is 35.2. The Morgan fingerprint density at radius 2 is 1.76 bits per heavy atom. The predicted octanol–water partition coefficient (Wildman–Crippen LogP) is 6.63. The van der Waals surface area contributed by atoms with E-state index in [9.17, 15) is 18.3 Å². The first-order valence-corrected chi connectivity index (χ1v) is 14.3. The molecule has 4 rings (SSSR count). The molecule has 196 valence electrons. The summed E-state index contributed by atoms with van der Waals surface area (Å²) in [4.78, 5) is 17.6. The van der Waals surface area contributed by atoms with Gasteiger partial charge in [-0.3, -0.25) is 9.71 Å². The van der Waals surface area contributed by atoms with Crippen LogP contribution >= 0.6 is 0 Å².